The third-order valence-corrected chi connectivity index (χ3v) is 3.41. The summed E-state index contributed by atoms with van der Waals surface area (Å²) < 4.78 is 7.74. The number of rotatable bonds is 3. The van der Waals surface area contributed by atoms with Crippen LogP contribution in [0.1, 0.15) is 11.7 Å². The number of hydrogen-bond acceptors (Lipinski definition) is 4. The second-order valence-electron chi connectivity index (χ2n) is 4.23. The number of nitrogens with one attached hydrogen (secondary N) is 1. The Kier molecular flexibility index (Phi) is 3.12. The van der Waals surface area contributed by atoms with Crippen molar-refractivity contribution in [3.8, 4) is 0 Å². The summed E-state index contributed by atoms with van der Waals surface area (Å²) in [5.74, 6) is 1.25. The molecule has 0 aliphatic heterocycles. The third kappa shape index (κ3) is 2.41. The van der Waals surface area contributed by atoms with E-state index < -0.39 is 0 Å². The van der Waals surface area contributed by atoms with E-state index in [1.54, 1.807) is 6.92 Å². The van der Waals surface area contributed by atoms with Crippen molar-refractivity contribution in [2.75, 3.05) is 0 Å². The molecule has 19 heavy (non-hydrogen) atoms. The maximum atomic E-state index is 6.02. The Morgan fingerprint density at radius 2 is 2.32 bits per heavy atom. The van der Waals surface area contributed by atoms with Gasteiger partial charge in [0.2, 0.25) is 5.89 Å². The van der Waals surface area contributed by atoms with E-state index >= 15 is 0 Å². The number of fused-ring (bicyclic) bond motifs is 1. The monoisotopic (exact) mass is 294 g/mol. The standard InChI is InChI=1S/C12H11ClN4OS/c1-7-14-11(18-16-7)4-5-17-10-6-8(13)2-3-9(10)15-12(17)19/h2-3,6H,4-5H2,1H3,(H,15,19). The second-order valence-corrected chi connectivity index (χ2v) is 5.05. The highest BCUT2D eigenvalue weighted by Crippen LogP contribution is 2.19. The van der Waals surface area contributed by atoms with Gasteiger partial charge in [0.15, 0.2) is 10.6 Å². The normalized spacial score (nSPS) is 11.3. The van der Waals surface area contributed by atoms with E-state index in [1.807, 2.05) is 22.8 Å². The fourth-order valence-electron chi connectivity index (χ4n) is 2.00. The summed E-state index contributed by atoms with van der Waals surface area (Å²) in [6.45, 7) is 2.46. The molecular weight excluding hydrogens is 284 g/mol. The van der Waals surface area contributed by atoms with Crippen molar-refractivity contribution >= 4 is 34.9 Å². The van der Waals surface area contributed by atoms with Crippen molar-refractivity contribution in [3.63, 3.8) is 0 Å². The van der Waals surface area contributed by atoms with Gasteiger partial charge in [-0.1, -0.05) is 16.8 Å². The number of H-pyrrole nitrogens is 1. The van der Waals surface area contributed by atoms with Crippen molar-refractivity contribution in [2.45, 2.75) is 19.9 Å². The smallest absolute Gasteiger partial charge is 0.228 e. The van der Waals surface area contributed by atoms with Crippen LogP contribution in [0, 0.1) is 11.7 Å². The van der Waals surface area contributed by atoms with Gasteiger partial charge in [0, 0.05) is 18.0 Å². The van der Waals surface area contributed by atoms with Gasteiger partial charge in [0.05, 0.1) is 11.0 Å². The van der Waals surface area contributed by atoms with E-state index in [1.165, 1.54) is 0 Å². The lowest BCUT2D eigenvalue weighted by Gasteiger charge is -2.02. The van der Waals surface area contributed by atoms with Gasteiger partial charge in [-0.2, -0.15) is 4.98 Å². The number of benzene rings is 1. The summed E-state index contributed by atoms with van der Waals surface area (Å²) >= 11 is 11.3. The van der Waals surface area contributed by atoms with Gasteiger partial charge in [-0.25, -0.2) is 0 Å². The Labute approximate surface area is 119 Å². The molecule has 2 heterocycles. The van der Waals surface area contributed by atoms with E-state index in [4.69, 9.17) is 28.3 Å². The molecule has 1 N–H and O–H groups in total. The Hall–Kier alpha value is -1.66. The third-order valence-electron chi connectivity index (χ3n) is 2.86. The average Bonchev–Trinajstić information content (AvgIpc) is 2.90. The average molecular weight is 295 g/mol. The van der Waals surface area contributed by atoms with Gasteiger partial charge in [-0.3, -0.25) is 0 Å². The van der Waals surface area contributed by atoms with Gasteiger partial charge in [0.25, 0.3) is 0 Å². The van der Waals surface area contributed by atoms with Crippen LogP contribution in [0.4, 0.5) is 0 Å². The molecule has 1 aromatic carbocycles. The van der Waals surface area contributed by atoms with Gasteiger partial charge >= 0.3 is 0 Å². The van der Waals surface area contributed by atoms with E-state index in [0.29, 0.717) is 34.5 Å². The maximum absolute atomic E-state index is 6.02. The molecule has 0 aliphatic carbocycles. The van der Waals surface area contributed by atoms with E-state index in [2.05, 4.69) is 15.1 Å². The SMILES string of the molecule is Cc1noc(CCn2c(=S)[nH]c3ccc(Cl)cc32)n1. The number of aromatic nitrogens is 4. The molecule has 7 heteroatoms. The first-order valence-corrected chi connectivity index (χ1v) is 6.59. The summed E-state index contributed by atoms with van der Waals surface area (Å²) in [6.07, 6.45) is 0.634. The number of imidazole rings is 1. The lowest BCUT2D eigenvalue weighted by atomic mass is 10.3. The zero-order valence-corrected chi connectivity index (χ0v) is 11.8. The molecule has 2 aromatic heterocycles. The molecule has 3 rings (SSSR count). The summed E-state index contributed by atoms with van der Waals surface area (Å²) in [7, 11) is 0. The van der Waals surface area contributed by atoms with Gasteiger partial charge < -0.3 is 14.1 Å². The van der Waals surface area contributed by atoms with E-state index in [0.717, 1.165) is 11.0 Å². The largest absolute Gasteiger partial charge is 0.339 e. The van der Waals surface area contributed by atoms with Crippen molar-refractivity contribution in [1.29, 1.82) is 0 Å². The Balaban J connectivity index is 1.94. The molecule has 0 amide bonds. The van der Waals surface area contributed by atoms with E-state index in [9.17, 15) is 0 Å². The molecule has 0 saturated heterocycles. The maximum Gasteiger partial charge on any atom is 0.228 e. The van der Waals surface area contributed by atoms with Crippen molar-refractivity contribution < 1.29 is 4.52 Å². The van der Waals surface area contributed by atoms with Crippen LogP contribution in [0.25, 0.3) is 11.0 Å². The summed E-state index contributed by atoms with van der Waals surface area (Å²) in [5, 5.41) is 4.45. The predicted octanol–water partition coefficient (Wildman–Crippen LogP) is 3.29. The minimum Gasteiger partial charge on any atom is -0.339 e. The Morgan fingerprint density at radius 3 is 3.05 bits per heavy atom. The molecule has 0 fully saturated rings. The molecule has 0 atom stereocenters. The minimum absolute atomic E-state index is 0.607. The highest BCUT2D eigenvalue weighted by atomic mass is 35.5. The first-order chi connectivity index (χ1) is 9.13. The van der Waals surface area contributed by atoms with Gasteiger partial charge in [-0.05, 0) is 37.3 Å². The Morgan fingerprint density at radius 1 is 1.47 bits per heavy atom. The van der Waals surface area contributed by atoms with E-state index in [-0.39, 0.29) is 0 Å². The number of hydrogen-bond donors (Lipinski definition) is 1. The highest BCUT2D eigenvalue weighted by molar-refractivity contribution is 7.71. The van der Waals surface area contributed by atoms with Crippen LogP contribution in [-0.4, -0.2) is 19.7 Å². The molecule has 5 nitrogen and oxygen atoms in total. The zero-order chi connectivity index (χ0) is 13.4. The first kappa shape index (κ1) is 12.4. The van der Waals surface area contributed by atoms with Crippen LogP contribution in [0.15, 0.2) is 22.7 Å². The molecular formula is C12H11ClN4OS. The van der Waals surface area contributed by atoms with Crippen LogP contribution >= 0.6 is 23.8 Å². The number of aromatic amines is 1. The molecule has 0 saturated carbocycles. The quantitative estimate of drug-likeness (QED) is 0.753. The fourth-order valence-corrected chi connectivity index (χ4v) is 2.46. The molecule has 0 bridgehead atoms. The Bertz CT molecular complexity index is 788. The number of nitrogens with zero attached hydrogens (tertiary/aromatic N) is 3. The number of aryl methyl sites for hydroxylation is 3. The molecule has 3 aromatic rings. The lowest BCUT2D eigenvalue weighted by Crippen LogP contribution is -2.01. The molecule has 98 valence electrons. The van der Waals surface area contributed by atoms with Gasteiger partial charge in [0.1, 0.15) is 0 Å². The highest BCUT2D eigenvalue weighted by Gasteiger charge is 2.08. The minimum atomic E-state index is 0.607. The number of halogens is 1. The summed E-state index contributed by atoms with van der Waals surface area (Å²) in [4.78, 5) is 7.32. The topological polar surface area (TPSA) is 59.6 Å². The van der Waals surface area contributed by atoms with Crippen molar-refractivity contribution in [2.24, 2.45) is 0 Å². The summed E-state index contributed by atoms with van der Waals surface area (Å²) in [5.41, 5.74) is 1.95. The summed E-state index contributed by atoms with van der Waals surface area (Å²) in [6, 6.07) is 5.64. The van der Waals surface area contributed by atoms with Crippen LogP contribution in [-0.2, 0) is 13.0 Å². The van der Waals surface area contributed by atoms with Crippen molar-refractivity contribution in [1.82, 2.24) is 19.7 Å². The second kappa shape index (κ2) is 4.79. The fraction of sp³-hybridized carbons (Fsp3) is 0.250. The zero-order valence-electron chi connectivity index (χ0n) is 10.2. The predicted molar refractivity (Wildman–Crippen MR) is 74.9 cm³/mol. The van der Waals surface area contributed by atoms with Gasteiger partial charge in [-0.15, -0.1) is 0 Å². The van der Waals surface area contributed by atoms with Crippen LogP contribution < -0.4 is 0 Å². The molecule has 0 spiro atoms. The molecule has 0 unspecified atom stereocenters. The molecule has 0 aliphatic rings. The van der Waals surface area contributed by atoms with Crippen molar-refractivity contribution in [3.05, 3.63) is 39.7 Å². The van der Waals surface area contributed by atoms with Crippen LogP contribution in [0.5, 0.6) is 0 Å². The van der Waals surface area contributed by atoms with Crippen LogP contribution in [0.3, 0.4) is 0 Å². The first-order valence-electron chi connectivity index (χ1n) is 5.81. The molecule has 0 radical (unpaired) electrons. The lowest BCUT2D eigenvalue weighted by molar-refractivity contribution is 0.369. The van der Waals surface area contributed by atoms with Crippen LogP contribution in [0.2, 0.25) is 5.02 Å².